The molecule has 3 fully saturated rings. The number of fused-ring (bicyclic) bond motifs is 3. The summed E-state index contributed by atoms with van der Waals surface area (Å²) in [7, 11) is 8.63. The van der Waals surface area contributed by atoms with Gasteiger partial charge in [0.25, 0.3) is 0 Å². The normalized spacial score (nSPS) is 45.2. The SMILES string of the molecule is C[Si]12[Si][Si][Si]([Si](C)(C)C)([Si][Si]1)[Si][Si]2. The Kier molecular flexibility index (Phi) is 3.06. The lowest BCUT2D eigenvalue weighted by molar-refractivity contribution is 1.86. The zero-order chi connectivity index (χ0) is 9.74. The van der Waals surface area contributed by atoms with Crippen molar-refractivity contribution in [2.45, 2.75) is 26.2 Å². The first-order valence-corrected chi connectivity index (χ1v) is 28.5. The molecule has 0 spiro atoms. The standard InChI is InChI=1S/C4H12Si9/c1-11(2,3)13-8-5-12(4,6-9-13)7-10-13/h1-4H3. The Labute approximate surface area is 97.3 Å². The van der Waals surface area contributed by atoms with Crippen LogP contribution >= 0.6 is 0 Å². The van der Waals surface area contributed by atoms with Crippen LogP contribution in [0.5, 0.6) is 0 Å². The average Bonchev–Trinajstić information content (AvgIpc) is 2.04. The van der Waals surface area contributed by atoms with E-state index in [1.165, 1.54) is 0 Å². The van der Waals surface area contributed by atoms with Gasteiger partial charge in [0.2, 0.25) is 0 Å². The lowest BCUT2D eigenvalue weighted by atomic mass is 11.8. The molecule has 0 N–H and O–H groups in total. The van der Waals surface area contributed by atoms with Crippen LogP contribution in [-0.4, -0.2) is 71.7 Å². The first-order chi connectivity index (χ1) is 5.87. The summed E-state index contributed by atoms with van der Waals surface area (Å²) in [4.78, 5) is 0. The maximum Gasteiger partial charge on any atom is 0.0289 e. The Morgan fingerprint density at radius 1 is 0.769 bits per heavy atom. The maximum absolute atomic E-state index is 2.73. The van der Waals surface area contributed by atoms with Crippen LogP contribution in [0, 0.1) is 0 Å². The molecule has 9 heteroatoms. The predicted octanol–water partition coefficient (Wildman–Crippen LogP) is -1.09. The largest absolute Gasteiger partial charge is 0.0765 e. The zero-order valence-electron chi connectivity index (χ0n) is 8.50. The van der Waals surface area contributed by atoms with Crippen LogP contribution in [0.2, 0.25) is 26.2 Å². The number of rotatable bonds is 1. The molecule has 0 nitrogen and oxygen atoms in total. The molecule has 3 saturated heterocycles. The summed E-state index contributed by atoms with van der Waals surface area (Å²) in [6.07, 6.45) is -0.545. The van der Waals surface area contributed by atoms with Crippen LogP contribution in [0.3, 0.4) is 0 Å². The fraction of sp³-hybridized carbons (Fsp3) is 1.00. The van der Waals surface area contributed by atoms with Gasteiger partial charge in [-0.3, -0.25) is 0 Å². The lowest BCUT2D eigenvalue weighted by Gasteiger charge is -2.54. The summed E-state index contributed by atoms with van der Waals surface area (Å²) in [6, 6.07) is 0. The van der Waals surface area contributed by atoms with Gasteiger partial charge in [-0.25, -0.2) is 0 Å². The van der Waals surface area contributed by atoms with Crippen molar-refractivity contribution in [1.29, 1.82) is 0 Å². The summed E-state index contributed by atoms with van der Waals surface area (Å²) < 4.78 is 0. The fourth-order valence-electron chi connectivity index (χ4n) is 1.41. The second-order valence-electron chi connectivity index (χ2n) is 4.88. The highest BCUT2D eigenvalue weighted by Gasteiger charge is 2.55. The Morgan fingerprint density at radius 3 is 1.46 bits per heavy atom. The highest BCUT2D eigenvalue weighted by molar-refractivity contribution is 8.21. The van der Waals surface area contributed by atoms with Gasteiger partial charge in [0.15, 0.2) is 0 Å². The van der Waals surface area contributed by atoms with E-state index in [9.17, 15) is 0 Å². The van der Waals surface area contributed by atoms with Crippen molar-refractivity contribution < 1.29 is 0 Å². The van der Waals surface area contributed by atoms with Crippen molar-refractivity contribution in [1.82, 2.24) is 0 Å². The first-order valence-electron chi connectivity index (χ1n) is 4.50. The van der Waals surface area contributed by atoms with Gasteiger partial charge in [-0.1, -0.05) is 26.2 Å². The van der Waals surface area contributed by atoms with Crippen molar-refractivity contribution in [2.75, 3.05) is 0 Å². The van der Waals surface area contributed by atoms with E-state index in [1.54, 1.807) is 51.3 Å². The van der Waals surface area contributed by atoms with E-state index in [-0.39, 0.29) is 0 Å². The van der Waals surface area contributed by atoms with Crippen molar-refractivity contribution in [3.63, 3.8) is 0 Å². The third kappa shape index (κ3) is 1.95. The van der Waals surface area contributed by atoms with Crippen molar-refractivity contribution in [3.8, 4) is 0 Å². The van der Waals surface area contributed by atoms with E-state index in [2.05, 4.69) is 26.2 Å². The minimum absolute atomic E-state index is 0.493. The Morgan fingerprint density at radius 2 is 1.15 bits per heavy atom. The third-order valence-electron chi connectivity index (χ3n) is 2.62. The molecule has 3 aliphatic rings. The average molecular weight is 313 g/mol. The molecule has 0 aliphatic carbocycles. The van der Waals surface area contributed by atoms with Crippen LogP contribution in [0.4, 0.5) is 0 Å². The Hall–Kier alpha value is 1.95. The maximum atomic E-state index is 2.73. The molecule has 3 heterocycles. The minimum Gasteiger partial charge on any atom is -0.0765 e. The van der Waals surface area contributed by atoms with Crippen molar-refractivity contribution >= 4 is 71.7 Å². The van der Waals surface area contributed by atoms with E-state index < -0.39 is 20.4 Å². The molecule has 0 saturated carbocycles. The van der Waals surface area contributed by atoms with E-state index in [1.807, 2.05) is 0 Å². The Bertz CT molecular complexity index is 194. The summed E-state index contributed by atoms with van der Waals surface area (Å²) in [6.45, 7) is 10.3. The zero-order valence-corrected chi connectivity index (χ0v) is 17.5. The molecule has 64 valence electrons. The van der Waals surface area contributed by atoms with Gasteiger partial charge in [-0.15, -0.1) is 0 Å². The molecule has 3 aliphatic heterocycles. The first kappa shape index (κ1) is 11.4. The predicted molar refractivity (Wildman–Crippen MR) is 75.2 cm³/mol. The van der Waals surface area contributed by atoms with Gasteiger partial charge < -0.3 is 0 Å². The molecule has 12 radical (unpaired) electrons. The molecule has 0 unspecified atom stereocenters. The second kappa shape index (κ2) is 3.48. The van der Waals surface area contributed by atoms with E-state index >= 15 is 0 Å². The summed E-state index contributed by atoms with van der Waals surface area (Å²) in [5.74, 6) is 0. The molecule has 0 atom stereocenters. The second-order valence-corrected chi connectivity index (χ2v) is 68.6. The van der Waals surface area contributed by atoms with Crippen LogP contribution in [0.15, 0.2) is 0 Å². The topological polar surface area (TPSA) is 0 Å². The fourth-order valence-corrected chi connectivity index (χ4v) is 220. The lowest BCUT2D eigenvalue weighted by Crippen LogP contribution is -2.88. The molecular weight excluding hydrogens is 301 g/mol. The number of hydrogen-bond acceptors (Lipinski definition) is 0. The highest BCUT2D eigenvalue weighted by Crippen LogP contribution is 2.23. The third-order valence-corrected chi connectivity index (χ3v) is 132. The monoisotopic (exact) mass is 312 g/mol. The molecule has 0 aromatic rings. The Balaban J connectivity index is 2.20. The van der Waals surface area contributed by atoms with Crippen molar-refractivity contribution in [2.24, 2.45) is 0 Å². The van der Waals surface area contributed by atoms with Gasteiger partial charge in [0.05, 0.1) is 0 Å². The smallest absolute Gasteiger partial charge is 0.0289 e. The summed E-state index contributed by atoms with van der Waals surface area (Å²) >= 11 is 0. The quantitative estimate of drug-likeness (QED) is 0.540. The highest BCUT2D eigenvalue weighted by atomic mass is 30.5. The van der Waals surface area contributed by atoms with Gasteiger partial charge >= 0.3 is 0 Å². The van der Waals surface area contributed by atoms with Crippen LogP contribution < -0.4 is 0 Å². The van der Waals surface area contributed by atoms with E-state index in [4.69, 9.17) is 0 Å². The molecule has 2 bridgehead atoms. The summed E-state index contributed by atoms with van der Waals surface area (Å²) in [5.41, 5.74) is 0. The molecule has 3 rings (SSSR count). The van der Waals surface area contributed by atoms with Gasteiger partial charge in [0.1, 0.15) is 0 Å². The van der Waals surface area contributed by atoms with E-state index in [0.717, 1.165) is 0 Å². The van der Waals surface area contributed by atoms with Gasteiger partial charge in [0, 0.05) is 71.7 Å². The van der Waals surface area contributed by atoms with Crippen LogP contribution in [0.1, 0.15) is 0 Å². The van der Waals surface area contributed by atoms with Gasteiger partial charge in [-0.2, -0.15) is 0 Å². The summed E-state index contributed by atoms with van der Waals surface area (Å²) in [5, 5.41) is 0. The molecular formula is C4H12Si9. The molecule has 0 amide bonds. The van der Waals surface area contributed by atoms with Crippen LogP contribution in [0.25, 0.3) is 0 Å². The number of hydrogen-bond donors (Lipinski definition) is 0. The molecule has 13 heavy (non-hydrogen) atoms. The van der Waals surface area contributed by atoms with Gasteiger partial charge in [-0.05, 0) is 0 Å². The molecule has 0 aromatic carbocycles. The van der Waals surface area contributed by atoms with Crippen LogP contribution in [-0.2, 0) is 0 Å². The molecule has 0 aromatic heterocycles. The van der Waals surface area contributed by atoms with Crippen molar-refractivity contribution in [3.05, 3.63) is 0 Å². The van der Waals surface area contributed by atoms with E-state index in [0.29, 0.717) is 0 Å². The minimum atomic E-state index is -0.683.